The van der Waals surface area contributed by atoms with Gasteiger partial charge in [0.05, 0.1) is 26.1 Å². The summed E-state index contributed by atoms with van der Waals surface area (Å²) >= 11 is 0. The molecule has 168 valence electrons. The lowest BCUT2D eigenvalue weighted by molar-refractivity contribution is -0.195. The second-order valence-electron chi connectivity index (χ2n) is 8.25. The first-order chi connectivity index (χ1) is 14.9. The van der Waals surface area contributed by atoms with Crippen molar-refractivity contribution in [2.24, 2.45) is 0 Å². The van der Waals surface area contributed by atoms with Gasteiger partial charge in [0.1, 0.15) is 24.6 Å². The molecule has 5 atom stereocenters. The number of anilines is 1. The van der Waals surface area contributed by atoms with Crippen LogP contribution in [0.1, 0.15) is 26.5 Å². The summed E-state index contributed by atoms with van der Waals surface area (Å²) in [6.07, 6.45) is 1.82. The molecule has 3 fully saturated rings. The molecule has 3 saturated heterocycles. The average molecular weight is 434 g/mol. The lowest BCUT2D eigenvalue weighted by Gasteiger charge is -2.24. The van der Waals surface area contributed by atoms with Gasteiger partial charge in [-0.1, -0.05) is 0 Å². The third-order valence-corrected chi connectivity index (χ3v) is 5.66. The fourth-order valence-electron chi connectivity index (χ4n) is 4.29. The number of alkyl carbamates (subject to hydrolysis) is 1. The molecule has 0 aromatic carbocycles. The number of aromatic nitrogens is 4. The van der Waals surface area contributed by atoms with E-state index in [0.29, 0.717) is 23.6 Å². The van der Waals surface area contributed by atoms with E-state index in [0.717, 1.165) is 13.0 Å². The molecule has 0 radical (unpaired) electrons. The van der Waals surface area contributed by atoms with E-state index in [4.69, 9.17) is 18.9 Å². The first-order valence-electron chi connectivity index (χ1n) is 10.3. The Morgan fingerprint density at radius 2 is 2.13 bits per heavy atom. The molecule has 31 heavy (non-hydrogen) atoms. The van der Waals surface area contributed by atoms with Crippen LogP contribution in [-0.4, -0.2) is 82.6 Å². The highest BCUT2D eigenvalue weighted by Gasteiger charge is 2.56. The summed E-state index contributed by atoms with van der Waals surface area (Å²) in [5.74, 6) is -0.122. The third kappa shape index (κ3) is 3.80. The van der Waals surface area contributed by atoms with Gasteiger partial charge >= 0.3 is 6.09 Å². The lowest BCUT2D eigenvalue weighted by atomic mass is 10.1. The van der Waals surface area contributed by atoms with Gasteiger partial charge < -0.3 is 34.3 Å². The molecule has 0 saturated carbocycles. The van der Waals surface area contributed by atoms with Crippen LogP contribution in [0.5, 0.6) is 0 Å². The Morgan fingerprint density at radius 3 is 2.90 bits per heavy atom. The first-order valence-corrected chi connectivity index (χ1v) is 10.3. The second-order valence-corrected chi connectivity index (χ2v) is 8.25. The van der Waals surface area contributed by atoms with Crippen LogP contribution in [0.25, 0.3) is 11.2 Å². The molecule has 5 heterocycles. The molecular formula is C19H26N6O6. The number of fused-ring (bicyclic) bond motifs is 2. The minimum atomic E-state index is -0.776. The monoisotopic (exact) mass is 434 g/mol. The molecule has 3 aliphatic rings. The molecule has 3 aliphatic heterocycles. The number of ether oxygens (including phenoxy) is 5. The van der Waals surface area contributed by atoms with Crippen molar-refractivity contribution in [3.05, 3.63) is 12.7 Å². The fraction of sp³-hybridized carbons (Fsp3) is 0.684. The smallest absolute Gasteiger partial charge is 0.406 e. The Morgan fingerprint density at radius 1 is 1.29 bits per heavy atom. The summed E-state index contributed by atoms with van der Waals surface area (Å²) in [6, 6.07) is 0.191. The zero-order valence-electron chi connectivity index (χ0n) is 17.6. The first kappa shape index (κ1) is 20.4. The van der Waals surface area contributed by atoms with Gasteiger partial charge in [0.25, 0.3) is 0 Å². The maximum atomic E-state index is 11.5. The molecule has 2 aromatic rings. The summed E-state index contributed by atoms with van der Waals surface area (Å²) in [7, 11) is 1.31. The van der Waals surface area contributed by atoms with Crippen LogP contribution >= 0.6 is 0 Å². The van der Waals surface area contributed by atoms with E-state index in [-0.39, 0.29) is 18.7 Å². The summed E-state index contributed by atoms with van der Waals surface area (Å²) in [5, 5.41) is 6.06. The maximum absolute atomic E-state index is 11.5. The Kier molecular flexibility index (Phi) is 5.16. The molecule has 2 N–H and O–H groups in total. The van der Waals surface area contributed by atoms with Crippen LogP contribution in [0.4, 0.5) is 10.6 Å². The molecule has 2 aromatic heterocycles. The lowest BCUT2D eigenvalue weighted by Crippen LogP contribution is -2.39. The highest BCUT2D eigenvalue weighted by Crippen LogP contribution is 2.43. The molecular weight excluding hydrogens is 408 g/mol. The number of amides is 1. The van der Waals surface area contributed by atoms with Crippen LogP contribution in [0.3, 0.4) is 0 Å². The molecule has 0 aliphatic carbocycles. The van der Waals surface area contributed by atoms with Gasteiger partial charge in [-0.15, -0.1) is 0 Å². The van der Waals surface area contributed by atoms with Crippen molar-refractivity contribution in [1.29, 1.82) is 0 Å². The zero-order valence-corrected chi connectivity index (χ0v) is 17.6. The molecule has 0 bridgehead atoms. The minimum absolute atomic E-state index is 0.191. The number of hydrogen-bond acceptors (Lipinski definition) is 10. The van der Waals surface area contributed by atoms with E-state index in [1.807, 2.05) is 18.4 Å². The number of imidazole rings is 1. The molecule has 5 unspecified atom stereocenters. The average Bonchev–Trinajstić information content (AvgIpc) is 3.51. The topological polar surface area (TPSA) is 131 Å². The SMILES string of the molecule is COC(=O)NCC1OC(n2cnc3c(NC4CCOC4)ncnc32)C2OC(C)(C)OC12. The van der Waals surface area contributed by atoms with Crippen molar-refractivity contribution in [3.63, 3.8) is 0 Å². The summed E-state index contributed by atoms with van der Waals surface area (Å²) in [4.78, 5) is 24.9. The molecule has 1 amide bonds. The standard InChI is InChI=1S/C19H26N6O6/c1-19(2)30-13-11(6-20-18(26)27-3)29-17(14(13)31-19)25-9-23-12-15(21-8-22-16(12)25)24-10-4-5-28-7-10/h8-11,13-14,17H,4-7H2,1-3H3,(H,20,26)(H,21,22,24). The van der Waals surface area contributed by atoms with Crippen LogP contribution < -0.4 is 10.6 Å². The van der Waals surface area contributed by atoms with Crippen molar-refractivity contribution >= 4 is 23.1 Å². The summed E-state index contributed by atoms with van der Waals surface area (Å²) in [6.45, 7) is 5.30. The van der Waals surface area contributed by atoms with Gasteiger partial charge in [0.2, 0.25) is 0 Å². The molecule has 12 nitrogen and oxygen atoms in total. The maximum Gasteiger partial charge on any atom is 0.406 e. The van der Waals surface area contributed by atoms with Crippen molar-refractivity contribution in [2.75, 3.05) is 32.2 Å². The highest BCUT2D eigenvalue weighted by atomic mass is 16.8. The number of methoxy groups -OCH3 is 1. The Balaban J connectivity index is 1.42. The van der Waals surface area contributed by atoms with Gasteiger partial charge in [-0.3, -0.25) is 4.57 Å². The third-order valence-electron chi connectivity index (χ3n) is 5.66. The number of nitrogens with zero attached hydrogens (tertiary/aromatic N) is 4. The van der Waals surface area contributed by atoms with Gasteiger partial charge in [0, 0.05) is 13.2 Å². The summed E-state index contributed by atoms with van der Waals surface area (Å²) in [5.41, 5.74) is 1.26. The van der Waals surface area contributed by atoms with Crippen molar-refractivity contribution in [1.82, 2.24) is 24.8 Å². The van der Waals surface area contributed by atoms with Gasteiger partial charge in [-0.25, -0.2) is 19.7 Å². The minimum Gasteiger partial charge on any atom is -0.453 e. The van der Waals surface area contributed by atoms with E-state index >= 15 is 0 Å². The van der Waals surface area contributed by atoms with Crippen LogP contribution in [0.15, 0.2) is 12.7 Å². The van der Waals surface area contributed by atoms with E-state index in [2.05, 4.69) is 30.3 Å². The zero-order chi connectivity index (χ0) is 21.6. The van der Waals surface area contributed by atoms with Crippen LogP contribution in [-0.2, 0) is 23.7 Å². The number of nitrogens with one attached hydrogen (secondary N) is 2. The second kappa shape index (κ2) is 7.86. The van der Waals surface area contributed by atoms with Gasteiger partial charge in [-0.2, -0.15) is 0 Å². The number of rotatable bonds is 5. The predicted octanol–water partition coefficient (Wildman–Crippen LogP) is 0.801. The predicted molar refractivity (Wildman–Crippen MR) is 106 cm³/mol. The largest absolute Gasteiger partial charge is 0.453 e. The number of carbonyl (C=O) groups is 1. The Labute approximate surface area is 178 Å². The highest BCUT2D eigenvalue weighted by molar-refractivity contribution is 5.82. The van der Waals surface area contributed by atoms with Crippen LogP contribution in [0, 0.1) is 0 Å². The van der Waals surface area contributed by atoms with E-state index in [1.54, 1.807) is 6.33 Å². The van der Waals surface area contributed by atoms with Crippen molar-refractivity contribution in [2.45, 2.75) is 56.6 Å². The van der Waals surface area contributed by atoms with E-state index < -0.39 is 30.3 Å². The van der Waals surface area contributed by atoms with E-state index in [9.17, 15) is 4.79 Å². The van der Waals surface area contributed by atoms with E-state index in [1.165, 1.54) is 13.4 Å². The fourth-order valence-corrected chi connectivity index (χ4v) is 4.29. The van der Waals surface area contributed by atoms with Gasteiger partial charge in [-0.05, 0) is 20.3 Å². The molecule has 0 spiro atoms. The van der Waals surface area contributed by atoms with Crippen LogP contribution in [0.2, 0.25) is 0 Å². The normalized spacial score (nSPS) is 31.6. The van der Waals surface area contributed by atoms with Crippen molar-refractivity contribution < 1.29 is 28.5 Å². The quantitative estimate of drug-likeness (QED) is 0.697. The Bertz CT molecular complexity index is 961. The number of carbonyl (C=O) groups excluding carboxylic acids is 1. The number of hydrogen-bond donors (Lipinski definition) is 2. The molecule has 12 heteroatoms. The van der Waals surface area contributed by atoms with Crippen molar-refractivity contribution in [3.8, 4) is 0 Å². The Hall–Kier alpha value is -2.54. The molecule has 5 rings (SSSR count). The van der Waals surface area contributed by atoms with Gasteiger partial charge in [0.15, 0.2) is 29.0 Å². The summed E-state index contributed by atoms with van der Waals surface area (Å²) < 4.78 is 30.4.